The van der Waals surface area contributed by atoms with Gasteiger partial charge in [-0.2, -0.15) is 0 Å². The lowest BCUT2D eigenvalue weighted by Crippen LogP contribution is -1.94. The van der Waals surface area contributed by atoms with Gasteiger partial charge in [0.05, 0.1) is 6.10 Å². The van der Waals surface area contributed by atoms with Crippen LogP contribution in [0, 0.1) is 0 Å². The maximum atomic E-state index is 9.32. The summed E-state index contributed by atoms with van der Waals surface area (Å²) < 4.78 is 0.660. The molecule has 2 nitrogen and oxygen atoms in total. The van der Waals surface area contributed by atoms with Crippen LogP contribution < -0.4 is 0 Å². The molecule has 11 heavy (non-hydrogen) atoms. The lowest BCUT2D eigenvalue weighted by molar-refractivity contribution is 0.228. The van der Waals surface area contributed by atoms with Gasteiger partial charge in [-0.05, 0) is 22.0 Å². The van der Waals surface area contributed by atoms with Gasteiger partial charge in [-0.3, -0.25) is 0 Å². The van der Waals surface area contributed by atoms with Gasteiger partial charge < -0.3 is 5.11 Å². The molecule has 1 aromatic rings. The normalized spacial score (nSPS) is 12.5. The number of nitrogens with zero attached hydrogens (tertiary/aromatic N) is 1. The number of pyridine rings is 1. The molecule has 0 bridgehead atoms. The first-order chi connectivity index (χ1) is 5.25. The third-order valence-corrected chi connectivity index (χ3v) is 1.99. The fraction of sp³-hybridized carbons (Fsp3) is 0.125. The van der Waals surface area contributed by atoms with Crippen LogP contribution in [-0.2, 0) is 0 Å². The van der Waals surface area contributed by atoms with Gasteiger partial charge in [-0.1, -0.05) is 12.1 Å². The number of aromatic nitrogens is 1. The SMILES string of the molecule is C=CC(O)c1cccnc1Br. The molecule has 0 saturated carbocycles. The van der Waals surface area contributed by atoms with Crippen molar-refractivity contribution in [2.45, 2.75) is 6.10 Å². The van der Waals surface area contributed by atoms with E-state index in [1.165, 1.54) is 6.08 Å². The highest BCUT2D eigenvalue weighted by molar-refractivity contribution is 9.10. The Labute approximate surface area is 73.7 Å². The minimum absolute atomic E-state index is 0.641. The van der Waals surface area contributed by atoms with E-state index in [2.05, 4.69) is 27.5 Å². The van der Waals surface area contributed by atoms with Crippen molar-refractivity contribution in [3.8, 4) is 0 Å². The summed E-state index contributed by atoms with van der Waals surface area (Å²) in [4.78, 5) is 3.96. The van der Waals surface area contributed by atoms with Gasteiger partial charge in [0, 0.05) is 11.8 Å². The van der Waals surface area contributed by atoms with E-state index in [9.17, 15) is 5.11 Å². The first-order valence-electron chi connectivity index (χ1n) is 3.16. The van der Waals surface area contributed by atoms with E-state index in [0.29, 0.717) is 4.60 Å². The van der Waals surface area contributed by atoms with Crippen LogP contribution in [0.1, 0.15) is 11.7 Å². The predicted octanol–water partition coefficient (Wildman–Crippen LogP) is 2.06. The third kappa shape index (κ3) is 1.88. The van der Waals surface area contributed by atoms with Crippen molar-refractivity contribution in [1.82, 2.24) is 4.98 Å². The Kier molecular flexibility index (Phi) is 2.79. The summed E-state index contributed by atoms with van der Waals surface area (Å²) >= 11 is 3.22. The molecule has 0 radical (unpaired) electrons. The monoisotopic (exact) mass is 213 g/mol. The van der Waals surface area contributed by atoms with E-state index in [1.807, 2.05) is 0 Å². The topological polar surface area (TPSA) is 33.1 Å². The molecule has 0 fully saturated rings. The molecule has 0 saturated heterocycles. The van der Waals surface area contributed by atoms with Crippen molar-refractivity contribution >= 4 is 15.9 Å². The zero-order valence-electron chi connectivity index (χ0n) is 5.87. The summed E-state index contributed by atoms with van der Waals surface area (Å²) in [7, 11) is 0. The molecule has 1 aromatic heterocycles. The summed E-state index contributed by atoms with van der Waals surface area (Å²) in [5.74, 6) is 0. The Morgan fingerprint density at radius 1 is 1.73 bits per heavy atom. The Morgan fingerprint density at radius 2 is 2.45 bits per heavy atom. The summed E-state index contributed by atoms with van der Waals surface area (Å²) in [5.41, 5.74) is 0.738. The van der Waals surface area contributed by atoms with E-state index in [-0.39, 0.29) is 0 Å². The largest absolute Gasteiger partial charge is 0.384 e. The van der Waals surface area contributed by atoms with Gasteiger partial charge in [-0.15, -0.1) is 6.58 Å². The van der Waals surface area contributed by atoms with Gasteiger partial charge in [0.2, 0.25) is 0 Å². The summed E-state index contributed by atoms with van der Waals surface area (Å²) in [6.07, 6.45) is 2.48. The zero-order valence-corrected chi connectivity index (χ0v) is 7.45. The minimum Gasteiger partial charge on any atom is -0.384 e. The highest BCUT2D eigenvalue weighted by Gasteiger charge is 2.06. The molecule has 1 rings (SSSR count). The fourth-order valence-corrected chi connectivity index (χ4v) is 1.23. The molecule has 1 N–H and O–H groups in total. The summed E-state index contributed by atoms with van der Waals surface area (Å²) in [6.45, 7) is 3.48. The van der Waals surface area contributed by atoms with Crippen LogP contribution in [0.25, 0.3) is 0 Å². The molecule has 0 spiro atoms. The zero-order chi connectivity index (χ0) is 8.27. The van der Waals surface area contributed by atoms with Gasteiger partial charge in [-0.25, -0.2) is 4.98 Å². The van der Waals surface area contributed by atoms with Crippen molar-refractivity contribution in [1.29, 1.82) is 0 Å². The van der Waals surface area contributed by atoms with Crippen LogP contribution >= 0.6 is 15.9 Å². The van der Waals surface area contributed by atoms with E-state index >= 15 is 0 Å². The van der Waals surface area contributed by atoms with Gasteiger partial charge in [0.1, 0.15) is 4.60 Å². The first-order valence-corrected chi connectivity index (χ1v) is 3.96. The number of aliphatic hydroxyl groups is 1. The molecule has 1 atom stereocenters. The number of hydrogen-bond acceptors (Lipinski definition) is 2. The summed E-state index contributed by atoms with van der Waals surface area (Å²) in [5, 5.41) is 9.32. The van der Waals surface area contributed by atoms with Gasteiger partial charge in [0.15, 0.2) is 0 Å². The van der Waals surface area contributed by atoms with E-state index in [0.717, 1.165) is 5.56 Å². The second kappa shape index (κ2) is 3.64. The average Bonchev–Trinajstić information content (AvgIpc) is 2.04. The van der Waals surface area contributed by atoms with E-state index in [4.69, 9.17) is 0 Å². The van der Waals surface area contributed by atoms with Gasteiger partial charge in [0.25, 0.3) is 0 Å². The van der Waals surface area contributed by atoms with Crippen LogP contribution in [0.2, 0.25) is 0 Å². The molecular formula is C8H8BrNO. The highest BCUT2D eigenvalue weighted by atomic mass is 79.9. The highest BCUT2D eigenvalue weighted by Crippen LogP contribution is 2.20. The molecule has 0 amide bonds. The van der Waals surface area contributed by atoms with Crippen molar-refractivity contribution in [2.75, 3.05) is 0 Å². The molecular weight excluding hydrogens is 206 g/mol. The smallest absolute Gasteiger partial charge is 0.112 e. The predicted molar refractivity (Wildman–Crippen MR) is 47.1 cm³/mol. The molecule has 0 aliphatic carbocycles. The molecule has 0 aromatic carbocycles. The van der Waals surface area contributed by atoms with Crippen molar-refractivity contribution < 1.29 is 5.11 Å². The van der Waals surface area contributed by atoms with Crippen molar-refractivity contribution in [3.05, 3.63) is 41.2 Å². The Balaban J connectivity index is 3.02. The molecule has 0 aliphatic heterocycles. The maximum absolute atomic E-state index is 9.32. The Morgan fingerprint density at radius 3 is 3.00 bits per heavy atom. The lowest BCUT2D eigenvalue weighted by Gasteiger charge is -2.05. The van der Waals surface area contributed by atoms with Crippen LogP contribution in [0.4, 0.5) is 0 Å². The van der Waals surface area contributed by atoms with Crippen LogP contribution in [0.3, 0.4) is 0 Å². The molecule has 58 valence electrons. The Hall–Kier alpha value is -0.670. The van der Waals surface area contributed by atoms with E-state index in [1.54, 1.807) is 18.3 Å². The third-order valence-electron chi connectivity index (χ3n) is 1.33. The molecule has 1 heterocycles. The van der Waals surface area contributed by atoms with Crippen LogP contribution in [-0.4, -0.2) is 10.1 Å². The molecule has 3 heteroatoms. The average molecular weight is 214 g/mol. The summed E-state index contributed by atoms with van der Waals surface area (Å²) in [6, 6.07) is 3.57. The lowest BCUT2D eigenvalue weighted by atomic mass is 10.2. The fourth-order valence-electron chi connectivity index (χ4n) is 0.746. The second-order valence-electron chi connectivity index (χ2n) is 2.06. The minimum atomic E-state index is -0.641. The number of rotatable bonds is 2. The number of aliphatic hydroxyl groups excluding tert-OH is 1. The van der Waals surface area contributed by atoms with Crippen molar-refractivity contribution in [3.63, 3.8) is 0 Å². The quantitative estimate of drug-likeness (QED) is 0.603. The first kappa shape index (κ1) is 8.43. The number of hydrogen-bond donors (Lipinski definition) is 1. The van der Waals surface area contributed by atoms with Crippen LogP contribution in [0.5, 0.6) is 0 Å². The van der Waals surface area contributed by atoms with Crippen LogP contribution in [0.15, 0.2) is 35.6 Å². The number of halogens is 1. The van der Waals surface area contributed by atoms with Gasteiger partial charge >= 0.3 is 0 Å². The molecule has 1 unspecified atom stereocenters. The maximum Gasteiger partial charge on any atom is 0.112 e. The van der Waals surface area contributed by atoms with E-state index < -0.39 is 6.10 Å². The molecule has 0 aliphatic rings. The Bertz CT molecular complexity index is 262. The second-order valence-corrected chi connectivity index (χ2v) is 2.82. The van der Waals surface area contributed by atoms with Crippen molar-refractivity contribution in [2.24, 2.45) is 0 Å². The standard InChI is InChI=1S/C8H8BrNO/c1-2-7(11)6-4-3-5-10-8(6)9/h2-5,7,11H,1H2.